The Morgan fingerprint density at radius 3 is 2.61 bits per heavy atom. The van der Waals surface area contributed by atoms with Crippen molar-refractivity contribution in [1.29, 1.82) is 0 Å². The molecule has 1 saturated carbocycles. The molecule has 3 aromatic rings. The van der Waals surface area contributed by atoms with Crippen LogP contribution in [0.25, 0.3) is 22.3 Å². The summed E-state index contributed by atoms with van der Waals surface area (Å²) in [6.07, 6.45) is 0.921. The second-order valence-corrected chi connectivity index (χ2v) is 10.1. The Morgan fingerprint density at radius 1 is 1.21 bits per heavy atom. The van der Waals surface area contributed by atoms with E-state index in [0.717, 1.165) is 12.8 Å². The topological polar surface area (TPSA) is 120 Å². The summed E-state index contributed by atoms with van der Waals surface area (Å²) in [5, 5.41) is 12.6. The van der Waals surface area contributed by atoms with Gasteiger partial charge in [0.25, 0.3) is 18.2 Å². The molecule has 0 bridgehead atoms. The Kier molecular flexibility index (Phi) is 7.29. The first-order valence-electron chi connectivity index (χ1n) is 12.9. The monoisotopic (exact) mass is 527 g/mol. The quantitative estimate of drug-likeness (QED) is 0.410. The molecule has 1 aromatic carbocycles. The zero-order valence-corrected chi connectivity index (χ0v) is 21.3. The number of fused-ring (bicyclic) bond motifs is 1. The highest BCUT2D eigenvalue weighted by atomic mass is 19.3. The third-order valence-electron chi connectivity index (χ3n) is 7.18. The molecule has 38 heavy (non-hydrogen) atoms. The lowest BCUT2D eigenvalue weighted by molar-refractivity contribution is -0.140. The number of alkyl halides is 2. The molecule has 2 aliphatic rings. The lowest BCUT2D eigenvalue weighted by Crippen LogP contribution is -2.48. The smallest absolute Gasteiger partial charge is 0.263 e. The molecule has 3 N–H and O–H groups in total. The third kappa shape index (κ3) is 5.33. The van der Waals surface area contributed by atoms with Crippen molar-refractivity contribution in [2.45, 2.75) is 58.1 Å². The molecule has 0 radical (unpaired) electrons. The van der Waals surface area contributed by atoms with Crippen LogP contribution in [0.3, 0.4) is 0 Å². The van der Waals surface area contributed by atoms with Gasteiger partial charge in [-0.05, 0) is 63.6 Å². The number of aromatic nitrogens is 3. The van der Waals surface area contributed by atoms with Crippen LogP contribution < -0.4 is 10.1 Å². The van der Waals surface area contributed by atoms with Crippen LogP contribution in [-0.4, -0.2) is 68.6 Å². The van der Waals surface area contributed by atoms with E-state index in [1.807, 2.05) is 0 Å². The van der Waals surface area contributed by atoms with Gasteiger partial charge in [-0.15, -0.1) is 0 Å². The van der Waals surface area contributed by atoms with Crippen molar-refractivity contribution < 1.29 is 28.2 Å². The maximum Gasteiger partial charge on any atom is 0.263 e. The van der Waals surface area contributed by atoms with Crippen molar-refractivity contribution >= 4 is 22.8 Å². The number of amides is 2. The number of aliphatic hydroxyl groups excluding tert-OH is 1. The van der Waals surface area contributed by atoms with Crippen molar-refractivity contribution in [1.82, 2.24) is 25.2 Å². The van der Waals surface area contributed by atoms with Gasteiger partial charge < -0.3 is 25.0 Å². The van der Waals surface area contributed by atoms with Crippen LogP contribution in [0.4, 0.5) is 8.78 Å². The molecule has 0 spiro atoms. The summed E-state index contributed by atoms with van der Waals surface area (Å²) in [6.45, 7) is 4.59. The van der Waals surface area contributed by atoms with E-state index in [2.05, 4.69) is 20.3 Å². The molecule has 2 aromatic heterocycles. The molecule has 9 nitrogen and oxygen atoms in total. The second-order valence-electron chi connectivity index (χ2n) is 10.1. The van der Waals surface area contributed by atoms with E-state index >= 15 is 0 Å². The molecule has 11 heteroatoms. The van der Waals surface area contributed by atoms with E-state index in [0.29, 0.717) is 77.8 Å². The summed E-state index contributed by atoms with van der Waals surface area (Å²) in [6, 6.07) is 4.14. The number of aryl methyl sites for hydroxylation is 1. The Balaban J connectivity index is 1.42. The summed E-state index contributed by atoms with van der Waals surface area (Å²) >= 11 is 0. The Bertz CT molecular complexity index is 1350. The van der Waals surface area contributed by atoms with Crippen LogP contribution in [-0.2, 0) is 4.79 Å². The number of halogens is 2. The van der Waals surface area contributed by atoms with Gasteiger partial charge >= 0.3 is 0 Å². The van der Waals surface area contributed by atoms with Gasteiger partial charge in [-0.2, -0.15) is 0 Å². The SMILES string of the molecule is Cc1[nH]c2c(-c3cc(C(F)F)ccc3OCC3CC3)ncnc2c1C(=O)NC1CCN(C(=O)[C@H](C)O)CC1. The summed E-state index contributed by atoms with van der Waals surface area (Å²) in [5.41, 5.74) is 2.45. The van der Waals surface area contributed by atoms with Crippen LogP contribution in [0, 0.1) is 12.8 Å². The molecule has 1 aliphatic carbocycles. The van der Waals surface area contributed by atoms with Crippen molar-refractivity contribution in [2.75, 3.05) is 19.7 Å². The normalized spacial score (nSPS) is 17.2. The number of benzene rings is 1. The van der Waals surface area contributed by atoms with E-state index < -0.39 is 12.5 Å². The fourth-order valence-corrected chi connectivity index (χ4v) is 4.86. The van der Waals surface area contributed by atoms with Crippen molar-refractivity contribution in [3.63, 3.8) is 0 Å². The van der Waals surface area contributed by atoms with Crippen LogP contribution in [0.5, 0.6) is 5.75 Å². The van der Waals surface area contributed by atoms with Crippen LogP contribution in [0.15, 0.2) is 24.5 Å². The maximum absolute atomic E-state index is 13.6. The summed E-state index contributed by atoms with van der Waals surface area (Å²) in [5.74, 6) is 0.300. The first-order chi connectivity index (χ1) is 18.2. The number of likely N-dealkylation sites (tertiary alicyclic amines) is 1. The number of nitrogens with zero attached hydrogens (tertiary/aromatic N) is 3. The van der Waals surface area contributed by atoms with Gasteiger partial charge in [-0.3, -0.25) is 9.59 Å². The molecule has 0 unspecified atom stereocenters. The summed E-state index contributed by atoms with van der Waals surface area (Å²) in [7, 11) is 0. The number of ether oxygens (including phenoxy) is 1. The average molecular weight is 528 g/mol. The number of H-pyrrole nitrogens is 1. The first kappa shape index (κ1) is 26.0. The number of hydrogen-bond donors (Lipinski definition) is 3. The van der Waals surface area contributed by atoms with Gasteiger partial charge in [0.1, 0.15) is 29.4 Å². The standard InChI is InChI=1S/C27H31F2N5O4/c1-14-21(26(36)33-18-7-9-34(10-8-18)27(37)15(2)35)23-24(32-14)22(30-13-31-23)19-11-17(25(28)29)5-6-20(19)38-12-16-3-4-16/h5-6,11,13,15-16,18,25,32,35H,3-4,7-10,12H2,1-2H3,(H,33,36)/t15-/m0/s1. The minimum absolute atomic E-state index is 0.142. The molecule has 202 valence electrons. The highest BCUT2D eigenvalue weighted by Crippen LogP contribution is 2.38. The van der Waals surface area contributed by atoms with Crippen molar-refractivity contribution in [3.05, 3.63) is 41.3 Å². The Labute approximate surface area is 218 Å². The largest absolute Gasteiger partial charge is 0.493 e. The maximum atomic E-state index is 13.6. The lowest BCUT2D eigenvalue weighted by Gasteiger charge is -2.33. The van der Waals surface area contributed by atoms with Gasteiger partial charge in [-0.1, -0.05) is 0 Å². The zero-order valence-electron chi connectivity index (χ0n) is 21.3. The molecular formula is C27H31F2N5O4. The number of carbonyl (C=O) groups is 2. The molecule has 5 rings (SSSR count). The number of nitrogens with one attached hydrogen (secondary N) is 2. The average Bonchev–Trinajstić information content (AvgIpc) is 3.66. The third-order valence-corrected chi connectivity index (χ3v) is 7.18. The van der Waals surface area contributed by atoms with E-state index in [-0.39, 0.29) is 23.4 Å². The minimum Gasteiger partial charge on any atom is -0.493 e. The molecule has 1 atom stereocenters. The second kappa shape index (κ2) is 10.6. The number of piperidine rings is 1. The Morgan fingerprint density at radius 2 is 1.95 bits per heavy atom. The van der Waals surface area contributed by atoms with Gasteiger partial charge in [0, 0.05) is 36.0 Å². The number of rotatable bonds is 8. The summed E-state index contributed by atoms with van der Waals surface area (Å²) < 4.78 is 33.1. The molecule has 2 amide bonds. The molecule has 2 fully saturated rings. The van der Waals surface area contributed by atoms with E-state index in [9.17, 15) is 23.5 Å². The predicted octanol–water partition coefficient (Wildman–Crippen LogP) is 3.76. The molecular weight excluding hydrogens is 496 g/mol. The number of aliphatic hydroxyl groups is 1. The van der Waals surface area contributed by atoms with Crippen LogP contribution in [0.1, 0.15) is 60.6 Å². The fraction of sp³-hybridized carbons (Fsp3) is 0.481. The highest BCUT2D eigenvalue weighted by Gasteiger charge is 2.29. The van der Waals surface area contributed by atoms with Crippen LogP contribution in [0.2, 0.25) is 0 Å². The number of carbonyl (C=O) groups excluding carboxylic acids is 2. The lowest BCUT2D eigenvalue weighted by atomic mass is 10.0. The highest BCUT2D eigenvalue weighted by molar-refractivity contribution is 6.09. The van der Waals surface area contributed by atoms with Crippen molar-refractivity contribution in [3.8, 4) is 17.0 Å². The fourth-order valence-electron chi connectivity index (χ4n) is 4.86. The predicted molar refractivity (Wildman–Crippen MR) is 136 cm³/mol. The minimum atomic E-state index is -2.66. The Hall–Kier alpha value is -3.60. The van der Waals surface area contributed by atoms with Gasteiger partial charge in [-0.25, -0.2) is 18.7 Å². The number of aromatic amines is 1. The van der Waals surface area contributed by atoms with E-state index in [1.165, 1.54) is 25.4 Å². The van der Waals surface area contributed by atoms with Gasteiger partial charge in [0.15, 0.2) is 0 Å². The molecule has 1 saturated heterocycles. The first-order valence-corrected chi connectivity index (χ1v) is 12.9. The van der Waals surface area contributed by atoms with E-state index in [4.69, 9.17) is 4.74 Å². The molecule has 1 aliphatic heterocycles. The zero-order chi connectivity index (χ0) is 27.0. The van der Waals surface area contributed by atoms with E-state index in [1.54, 1.807) is 17.9 Å². The van der Waals surface area contributed by atoms with Gasteiger partial charge in [0.2, 0.25) is 0 Å². The van der Waals surface area contributed by atoms with Crippen LogP contribution >= 0.6 is 0 Å². The van der Waals surface area contributed by atoms with Crippen molar-refractivity contribution in [2.24, 2.45) is 5.92 Å². The molecule has 3 heterocycles. The number of hydrogen-bond acceptors (Lipinski definition) is 6. The van der Waals surface area contributed by atoms with Gasteiger partial charge in [0.05, 0.1) is 17.7 Å². The summed E-state index contributed by atoms with van der Waals surface area (Å²) in [4.78, 5) is 38.9.